The summed E-state index contributed by atoms with van der Waals surface area (Å²) in [5.74, 6) is -0.981. The van der Waals surface area contributed by atoms with E-state index < -0.39 is 5.97 Å². The average molecular weight is 226 g/mol. The molecule has 0 bridgehead atoms. The van der Waals surface area contributed by atoms with Gasteiger partial charge in [-0.15, -0.1) is 0 Å². The van der Waals surface area contributed by atoms with Gasteiger partial charge in [0.2, 0.25) is 0 Å². The van der Waals surface area contributed by atoms with Crippen LogP contribution in [0, 0.1) is 13.8 Å². The van der Waals surface area contributed by atoms with Crippen LogP contribution in [0.3, 0.4) is 0 Å². The van der Waals surface area contributed by atoms with Crippen LogP contribution >= 0.6 is 0 Å². The van der Waals surface area contributed by atoms with E-state index in [2.05, 4.69) is 27.4 Å². The van der Waals surface area contributed by atoms with E-state index in [0.29, 0.717) is 0 Å². The Hall–Kier alpha value is 0.470. The summed E-state index contributed by atoms with van der Waals surface area (Å²) in [6.45, 7) is 13.9. The van der Waals surface area contributed by atoms with Gasteiger partial charge < -0.3 is 19.0 Å². The summed E-state index contributed by atoms with van der Waals surface area (Å²) < 4.78 is 0. The fourth-order valence-corrected chi connectivity index (χ4v) is 0.427. The van der Waals surface area contributed by atoms with Crippen LogP contribution in [-0.4, -0.2) is 48.8 Å². The summed E-state index contributed by atoms with van der Waals surface area (Å²) in [7, 11) is 0. The van der Waals surface area contributed by atoms with Crippen LogP contribution in [0.1, 0.15) is 39.5 Å². The smallest absolute Gasteiger partial charge is 0.478 e. The Morgan fingerprint density at radius 1 is 1.43 bits per heavy atom. The largest absolute Gasteiger partial charge is 2.00 e. The van der Waals surface area contributed by atoms with Gasteiger partial charge in [-0.2, -0.15) is 13.3 Å². The summed E-state index contributed by atoms with van der Waals surface area (Å²) in [6.07, 6.45) is 5.91. The van der Waals surface area contributed by atoms with E-state index in [1.165, 1.54) is 19.3 Å². The molecule has 0 fully saturated rings. The first-order valence-electron chi connectivity index (χ1n) is 4.54. The topological polar surface area (TPSA) is 37.3 Å². The van der Waals surface area contributed by atoms with Crippen LogP contribution in [0.15, 0.2) is 12.7 Å². The number of carboxylic acids is 1. The quantitative estimate of drug-likeness (QED) is 0.346. The summed E-state index contributed by atoms with van der Waals surface area (Å²) in [5.41, 5.74) is 0. The van der Waals surface area contributed by atoms with Crippen LogP contribution in [-0.2, 0) is 4.79 Å². The van der Waals surface area contributed by atoms with Crippen LogP contribution < -0.4 is 0 Å². The molecule has 0 rings (SSSR count). The van der Waals surface area contributed by atoms with Crippen molar-refractivity contribution in [2.24, 2.45) is 0 Å². The van der Waals surface area contributed by atoms with Crippen molar-refractivity contribution in [3.8, 4) is 0 Å². The van der Waals surface area contributed by atoms with Gasteiger partial charge >= 0.3 is 43.7 Å². The molecule has 0 amide bonds. The Kier molecular flexibility index (Phi) is 49.9. The van der Waals surface area contributed by atoms with Crippen molar-refractivity contribution in [2.75, 3.05) is 0 Å². The average Bonchev–Trinajstić information content (AvgIpc) is 2.18. The van der Waals surface area contributed by atoms with E-state index in [-0.39, 0.29) is 37.7 Å². The molecule has 0 aromatic rings. The van der Waals surface area contributed by atoms with Crippen molar-refractivity contribution in [2.45, 2.75) is 39.5 Å². The van der Waals surface area contributed by atoms with Gasteiger partial charge in [-0.25, -0.2) is 4.79 Å². The van der Waals surface area contributed by atoms with Gasteiger partial charge in [0.25, 0.3) is 0 Å². The second-order valence-corrected chi connectivity index (χ2v) is 2.10. The van der Waals surface area contributed by atoms with Crippen LogP contribution in [0.2, 0.25) is 0 Å². The Bertz CT molecular complexity index is 99.5. The number of hydrogen-bond acceptors (Lipinski definition) is 1. The molecular weight excluding hydrogens is 204 g/mol. The van der Waals surface area contributed by atoms with Gasteiger partial charge in [0.05, 0.1) is 0 Å². The minimum Gasteiger partial charge on any atom is -0.478 e. The minimum absolute atomic E-state index is 0. The van der Waals surface area contributed by atoms with Crippen molar-refractivity contribution in [1.82, 2.24) is 0 Å². The molecule has 80 valence electrons. The molecule has 0 aliphatic heterocycles. The number of aliphatic carboxylic acids is 1. The second kappa shape index (κ2) is 29.2. The third-order valence-corrected chi connectivity index (χ3v) is 1.03. The molecule has 14 heavy (non-hydrogen) atoms. The normalized spacial score (nSPS) is 6.57. The zero-order chi connectivity index (χ0) is 11.1. The summed E-state index contributed by atoms with van der Waals surface area (Å²) in [5, 5.41) is 7.60. The van der Waals surface area contributed by atoms with Gasteiger partial charge in [0.15, 0.2) is 0 Å². The van der Waals surface area contributed by atoms with Gasteiger partial charge in [-0.1, -0.05) is 32.8 Å². The molecule has 0 aliphatic rings. The third-order valence-electron chi connectivity index (χ3n) is 1.03. The molecule has 3 heteroatoms. The molecule has 0 aromatic carbocycles. The van der Waals surface area contributed by atoms with E-state index in [9.17, 15) is 4.79 Å². The molecule has 0 aliphatic carbocycles. The fourth-order valence-electron chi connectivity index (χ4n) is 0.427. The van der Waals surface area contributed by atoms with Crippen LogP contribution in [0.25, 0.3) is 0 Å². The Morgan fingerprint density at radius 2 is 1.79 bits per heavy atom. The van der Waals surface area contributed by atoms with Crippen molar-refractivity contribution in [1.29, 1.82) is 0 Å². The minimum atomic E-state index is -0.981. The van der Waals surface area contributed by atoms with E-state index in [1.54, 1.807) is 6.92 Å². The van der Waals surface area contributed by atoms with Crippen molar-refractivity contribution in [3.63, 3.8) is 0 Å². The first-order chi connectivity index (χ1) is 6.18. The van der Waals surface area contributed by atoms with Crippen molar-refractivity contribution < 1.29 is 9.90 Å². The number of rotatable bonds is 4. The molecule has 0 spiro atoms. The number of carboxylic acid groups (broad SMARTS) is 1. The number of unbranched alkanes of at least 4 members (excludes halogenated alkanes) is 3. The third kappa shape index (κ3) is 54.8. The zero-order valence-electron chi connectivity index (χ0n) is 9.59. The summed E-state index contributed by atoms with van der Waals surface area (Å²) in [6, 6.07) is 0. The molecule has 0 saturated carbocycles. The van der Waals surface area contributed by atoms with Crippen LogP contribution in [0.5, 0.6) is 0 Å². The molecule has 0 aromatic heterocycles. The summed E-state index contributed by atoms with van der Waals surface area (Å²) >= 11 is 0. The molecule has 0 radical (unpaired) electrons. The second-order valence-electron chi connectivity index (χ2n) is 2.10. The Balaban J connectivity index is -0.0000000576. The van der Waals surface area contributed by atoms with E-state index >= 15 is 0 Å². The molecular formula is C11H22CaO2. The van der Waals surface area contributed by atoms with Gasteiger partial charge in [0.1, 0.15) is 0 Å². The number of carbonyl (C=O) groups is 1. The predicted molar refractivity (Wildman–Crippen MR) is 64.1 cm³/mol. The Labute approximate surface area is 119 Å². The zero-order valence-corrected chi connectivity index (χ0v) is 11.8. The monoisotopic (exact) mass is 226 g/mol. The van der Waals surface area contributed by atoms with Gasteiger partial charge in [-0.3, -0.25) is 0 Å². The maximum Gasteiger partial charge on any atom is 2.00 e. The number of hydrogen-bond donors (Lipinski definition) is 1. The van der Waals surface area contributed by atoms with Gasteiger partial charge in [-0.05, 0) is 0 Å². The molecule has 0 atom stereocenters. The Morgan fingerprint density at radius 3 is 1.86 bits per heavy atom. The van der Waals surface area contributed by atoms with E-state index in [1.807, 2.05) is 0 Å². The summed E-state index contributed by atoms with van der Waals surface area (Å²) in [4.78, 5) is 9.25. The first kappa shape index (κ1) is 24.0. The molecule has 0 saturated heterocycles. The molecule has 0 unspecified atom stereocenters. The molecule has 2 nitrogen and oxygen atoms in total. The van der Waals surface area contributed by atoms with Crippen LogP contribution in [0.4, 0.5) is 0 Å². The van der Waals surface area contributed by atoms with Gasteiger partial charge in [0, 0.05) is 6.08 Å². The molecule has 1 N–H and O–H groups in total. The molecule has 0 heterocycles. The van der Waals surface area contributed by atoms with E-state index in [4.69, 9.17) is 5.11 Å². The fraction of sp³-hybridized carbons (Fsp3) is 0.545. The SMILES string of the molecule is C=CC(=O)O.[CH2-]C.[CH2-]CCCCC.[Ca+2]. The van der Waals surface area contributed by atoms with Crippen molar-refractivity contribution >= 4 is 43.7 Å². The first-order valence-corrected chi connectivity index (χ1v) is 4.54. The van der Waals surface area contributed by atoms with E-state index in [0.717, 1.165) is 12.5 Å². The maximum atomic E-state index is 9.25. The standard InChI is InChI=1S/C6H13.C3H4O2.C2H5.Ca/c1-3-5-6-4-2;1-2-3(4)5;1-2;/h1,3-6H2,2H3;2H,1H2,(H,4,5);1H2,2H3;/q-1;;-1;+2. The maximum absolute atomic E-state index is 9.25. The van der Waals surface area contributed by atoms with Crippen molar-refractivity contribution in [3.05, 3.63) is 26.5 Å². The predicted octanol–water partition coefficient (Wildman–Crippen LogP) is 3.12.